The standard InChI is InChI=1S/C12H17F2NO3/c13-12(14)4-3-8(6-12)10(16)15-9-2-1-7(5-9)11(17)18/h7-9H,1-6H2,(H,15,16)(H,17,18). The van der Waals surface area contributed by atoms with Crippen LogP contribution in [0.2, 0.25) is 0 Å². The third kappa shape index (κ3) is 2.97. The van der Waals surface area contributed by atoms with Crippen LogP contribution in [0.3, 0.4) is 0 Å². The quantitative estimate of drug-likeness (QED) is 0.814. The van der Waals surface area contributed by atoms with Crippen LogP contribution in [-0.4, -0.2) is 28.9 Å². The molecule has 2 rings (SSSR count). The molecule has 0 spiro atoms. The van der Waals surface area contributed by atoms with Crippen molar-refractivity contribution in [2.24, 2.45) is 11.8 Å². The van der Waals surface area contributed by atoms with Crippen molar-refractivity contribution in [3.05, 3.63) is 0 Å². The van der Waals surface area contributed by atoms with E-state index in [0.29, 0.717) is 19.3 Å². The molecule has 0 aliphatic heterocycles. The van der Waals surface area contributed by atoms with Crippen molar-refractivity contribution in [2.75, 3.05) is 0 Å². The summed E-state index contributed by atoms with van der Waals surface area (Å²) in [4.78, 5) is 22.5. The Labute approximate surface area is 104 Å². The van der Waals surface area contributed by atoms with Crippen molar-refractivity contribution in [1.82, 2.24) is 5.32 Å². The Morgan fingerprint density at radius 2 is 1.89 bits per heavy atom. The summed E-state index contributed by atoms with van der Waals surface area (Å²) < 4.78 is 26.0. The normalized spacial score (nSPS) is 34.4. The maximum Gasteiger partial charge on any atom is 0.306 e. The van der Waals surface area contributed by atoms with Gasteiger partial charge in [-0.25, -0.2) is 8.78 Å². The van der Waals surface area contributed by atoms with Crippen LogP contribution in [0.25, 0.3) is 0 Å². The van der Waals surface area contributed by atoms with Crippen LogP contribution in [0.4, 0.5) is 8.78 Å². The fraction of sp³-hybridized carbons (Fsp3) is 0.833. The molecular weight excluding hydrogens is 244 g/mol. The molecule has 0 aromatic rings. The molecule has 3 unspecified atom stereocenters. The molecule has 2 aliphatic rings. The first kappa shape index (κ1) is 13.2. The molecule has 0 heterocycles. The Kier molecular flexibility index (Phi) is 3.54. The van der Waals surface area contributed by atoms with Gasteiger partial charge in [-0.3, -0.25) is 9.59 Å². The van der Waals surface area contributed by atoms with E-state index in [1.807, 2.05) is 0 Å². The molecule has 3 atom stereocenters. The highest BCUT2D eigenvalue weighted by Crippen LogP contribution is 2.39. The van der Waals surface area contributed by atoms with Crippen molar-refractivity contribution < 1.29 is 23.5 Å². The van der Waals surface area contributed by atoms with Gasteiger partial charge in [0.2, 0.25) is 11.8 Å². The lowest BCUT2D eigenvalue weighted by Gasteiger charge is -2.16. The highest BCUT2D eigenvalue weighted by Gasteiger charge is 2.43. The smallest absolute Gasteiger partial charge is 0.306 e. The van der Waals surface area contributed by atoms with Gasteiger partial charge in [-0.15, -0.1) is 0 Å². The number of carbonyl (C=O) groups excluding carboxylic acids is 1. The number of halogens is 2. The number of carboxylic acids is 1. The number of hydrogen-bond acceptors (Lipinski definition) is 2. The number of rotatable bonds is 3. The van der Waals surface area contributed by atoms with Crippen molar-refractivity contribution >= 4 is 11.9 Å². The zero-order valence-electron chi connectivity index (χ0n) is 9.99. The first-order valence-electron chi connectivity index (χ1n) is 6.28. The summed E-state index contributed by atoms with van der Waals surface area (Å²) in [6.07, 6.45) is 1.17. The van der Waals surface area contributed by atoms with E-state index >= 15 is 0 Å². The fourth-order valence-electron chi connectivity index (χ4n) is 2.83. The minimum Gasteiger partial charge on any atom is -0.481 e. The molecule has 0 radical (unpaired) electrons. The van der Waals surface area contributed by atoms with E-state index < -0.39 is 23.7 Å². The van der Waals surface area contributed by atoms with Gasteiger partial charge in [0.15, 0.2) is 0 Å². The van der Waals surface area contributed by atoms with E-state index in [4.69, 9.17) is 5.11 Å². The highest BCUT2D eigenvalue weighted by atomic mass is 19.3. The first-order chi connectivity index (χ1) is 8.37. The minimum absolute atomic E-state index is 0.173. The molecule has 4 nitrogen and oxygen atoms in total. The van der Waals surface area contributed by atoms with Gasteiger partial charge >= 0.3 is 5.97 Å². The number of nitrogens with one attached hydrogen (secondary N) is 1. The lowest BCUT2D eigenvalue weighted by Crippen LogP contribution is -2.37. The second kappa shape index (κ2) is 4.82. The third-order valence-electron chi connectivity index (χ3n) is 3.90. The summed E-state index contributed by atoms with van der Waals surface area (Å²) in [5.41, 5.74) is 0. The minimum atomic E-state index is -2.72. The number of aliphatic carboxylic acids is 1. The lowest BCUT2D eigenvalue weighted by atomic mass is 10.1. The summed E-state index contributed by atoms with van der Waals surface area (Å²) in [7, 11) is 0. The summed E-state index contributed by atoms with van der Waals surface area (Å²) >= 11 is 0. The van der Waals surface area contributed by atoms with Gasteiger partial charge in [0.05, 0.1) is 5.92 Å². The van der Waals surface area contributed by atoms with Crippen LogP contribution in [0, 0.1) is 11.8 Å². The van der Waals surface area contributed by atoms with Gasteiger partial charge in [-0.05, 0) is 25.7 Å². The fourth-order valence-corrected chi connectivity index (χ4v) is 2.83. The van der Waals surface area contributed by atoms with Crippen molar-refractivity contribution in [1.29, 1.82) is 0 Å². The van der Waals surface area contributed by atoms with Crippen LogP contribution in [0.1, 0.15) is 38.5 Å². The molecule has 2 fully saturated rings. The first-order valence-corrected chi connectivity index (χ1v) is 6.28. The molecule has 0 saturated heterocycles. The molecule has 2 saturated carbocycles. The van der Waals surface area contributed by atoms with Crippen LogP contribution >= 0.6 is 0 Å². The Bertz CT molecular complexity index is 359. The number of hydrogen-bond donors (Lipinski definition) is 2. The van der Waals surface area contributed by atoms with Crippen molar-refractivity contribution in [2.45, 2.75) is 50.5 Å². The monoisotopic (exact) mass is 261 g/mol. The van der Waals surface area contributed by atoms with Gasteiger partial charge in [-0.1, -0.05) is 0 Å². The molecule has 0 bridgehead atoms. The second-order valence-electron chi connectivity index (χ2n) is 5.35. The summed E-state index contributed by atoms with van der Waals surface area (Å²) in [5, 5.41) is 11.5. The van der Waals surface area contributed by atoms with Crippen molar-refractivity contribution in [3.63, 3.8) is 0 Å². The van der Waals surface area contributed by atoms with Crippen LogP contribution < -0.4 is 5.32 Å². The van der Waals surface area contributed by atoms with E-state index in [1.165, 1.54) is 0 Å². The van der Waals surface area contributed by atoms with E-state index in [1.54, 1.807) is 0 Å². The second-order valence-corrected chi connectivity index (χ2v) is 5.35. The summed E-state index contributed by atoms with van der Waals surface area (Å²) in [5.74, 6) is -4.95. The Morgan fingerprint density at radius 3 is 2.39 bits per heavy atom. The Balaban J connectivity index is 1.81. The molecule has 102 valence electrons. The van der Waals surface area contributed by atoms with Crippen LogP contribution in [-0.2, 0) is 9.59 Å². The maximum absolute atomic E-state index is 13.0. The largest absolute Gasteiger partial charge is 0.481 e. The van der Waals surface area contributed by atoms with Gasteiger partial charge in [0, 0.05) is 24.8 Å². The molecule has 6 heteroatoms. The average Bonchev–Trinajstić information content (AvgIpc) is 2.84. The number of carbonyl (C=O) groups is 2. The lowest BCUT2D eigenvalue weighted by molar-refractivity contribution is -0.141. The molecule has 0 aromatic carbocycles. The zero-order chi connectivity index (χ0) is 13.3. The molecular formula is C12H17F2NO3. The van der Waals surface area contributed by atoms with Crippen LogP contribution in [0.15, 0.2) is 0 Å². The molecule has 1 amide bonds. The van der Waals surface area contributed by atoms with Gasteiger partial charge in [0.25, 0.3) is 0 Å². The Hall–Kier alpha value is -1.20. The number of carboxylic acid groups (broad SMARTS) is 1. The van der Waals surface area contributed by atoms with E-state index in [9.17, 15) is 18.4 Å². The summed E-state index contributed by atoms with van der Waals surface area (Å²) in [6.45, 7) is 0. The zero-order valence-corrected chi connectivity index (χ0v) is 9.99. The van der Waals surface area contributed by atoms with E-state index in [2.05, 4.69) is 5.32 Å². The van der Waals surface area contributed by atoms with Gasteiger partial charge in [-0.2, -0.15) is 0 Å². The van der Waals surface area contributed by atoms with Crippen LogP contribution in [0.5, 0.6) is 0 Å². The molecule has 0 aromatic heterocycles. The van der Waals surface area contributed by atoms with Crippen molar-refractivity contribution in [3.8, 4) is 0 Å². The molecule has 2 N–H and O–H groups in total. The van der Waals surface area contributed by atoms with Gasteiger partial charge in [0.1, 0.15) is 0 Å². The average molecular weight is 261 g/mol. The highest BCUT2D eigenvalue weighted by molar-refractivity contribution is 5.79. The predicted octanol–water partition coefficient (Wildman–Crippen LogP) is 1.79. The topological polar surface area (TPSA) is 66.4 Å². The molecule has 2 aliphatic carbocycles. The van der Waals surface area contributed by atoms with Gasteiger partial charge < -0.3 is 10.4 Å². The number of alkyl halides is 2. The molecule has 18 heavy (non-hydrogen) atoms. The van der Waals surface area contributed by atoms with E-state index in [0.717, 1.165) is 0 Å². The maximum atomic E-state index is 13.0. The predicted molar refractivity (Wildman–Crippen MR) is 59.2 cm³/mol. The number of amides is 1. The third-order valence-corrected chi connectivity index (χ3v) is 3.90. The SMILES string of the molecule is O=C(O)C1CCC(NC(=O)C2CCC(F)(F)C2)C1. The summed E-state index contributed by atoms with van der Waals surface area (Å²) in [6, 6.07) is -0.173. The van der Waals surface area contributed by atoms with E-state index in [-0.39, 0.29) is 31.2 Å². The Morgan fingerprint density at radius 1 is 1.17 bits per heavy atom.